The molecule has 6 atom stereocenters. The molecule has 1 fully saturated rings. The minimum Gasteiger partial charge on any atom is -0.507 e. The van der Waals surface area contributed by atoms with Gasteiger partial charge in [0.2, 0.25) is 5.78 Å². The number of unbranched alkanes of at least 4 members (excludes halogenated alkanes) is 2. The van der Waals surface area contributed by atoms with Gasteiger partial charge in [-0.3, -0.25) is 14.4 Å². The van der Waals surface area contributed by atoms with Crippen LogP contribution in [0.1, 0.15) is 108 Å². The lowest BCUT2D eigenvalue weighted by Gasteiger charge is -2.43. The summed E-state index contributed by atoms with van der Waals surface area (Å²) in [6.45, 7) is 6.43. The minimum atomic E-state index is -2.00. The lowest BCUT2D eigenvalue weighted by molar-refractivity contribution is -0.249. The van der Waals surface area contributed by atoms with Gasteiger partial charge in [0.1, 0.15) is 22.8 Å². The second kappa shape index (κ2) is 15.6. The number of phenols is 2. The fourth-order valence-electron chi connectivity index (χ4n) is 7.28. The number of hydrogen-bond donors (Lipinski definition) is 7. The highest BCUT2D eigenvalue weighted by Gasteiger charge is 2.50. The van der Waals surface area contributed by atoms with E-state index in [1.54, 1.807) is 19.9 Å². The maximum atomic E-state index is 13.9. The highest BCUT2D eigenvalue weighted by Crippen LogP contribution is 2.52. The molecule has 2 aliphatic carbocycles. The Morgan fingerprint density at radius 3 is 2.43 bits per heavy atom. The summed E-state index contributed by atoms with van der Waals surface area (Å²) >= 11 is 0. The highest BCUT2D eigenvalue weighted by molar-refractivity contribution is 6.31. The van der Waals surface area contributed by atoms with Crippen molar-refractivity contribution < 1.29 is 49.0 Å². The van der Waals surface area contributed by atoms with Gasteiger partial charge in [0.15, 0.2) is 17.9 Å². The maximum absolute atomic E-state index is 13.9. The van der Waals surface area contributed by atoms with Crippen LogP contribution in [0.15, 0.2) is 18.2 Å². The van der Waals surface area contributed by atoms with Crippen LogP contribution in [0.5, 0.6) is 17.2 Å². The maximum Gasteiger partial charge on any atom is 0.202 e. The van der Waals surface area contributed by atoms with E-state index in [1.807, 2.05) is 0 Å². The van der Waals surface area contributed by atoms with Gasteiger partial charge in [0, 0.05) is 48.4 Å². The molecule has 1 heterocycles. The largest absolute Gasteiger partial charge is 0.507 e. The predicted octanol–water partition coefficient (Wildman–Crippen LogP) is 2.16. The summed E-state index contributed by atoms with van der Waals surface area (Å²) in [5.41, 5.74) is 2.62. The van der Waals surface area contributed by atoms with Crippen molar-refractivity contribution in [3.63, 3.8) is 0 Å². The molecule has 268 valence electrons. The monoisotopic (exact) mass is 683 g/mol. The molecule has 0 radical (unpaired) electrons. The third kappa shape index (κ3) is 7.25. The molecule has 1 saturated heterocycles. The van der Waals surface area contributed by atoms with Crippen LogP contribution in [0.3, 0.4) is 0 Å². The molecule has 0 saturated carbocycles. The zero-order valence-corrected chi connectivity index (χ0v) is 28.4. The van der Waals surface area contributed by atoms with Crippen molar-refractivity contribution in [1.82, 2.24) is 10.6 Å². The molecule has 2 aromatic rings. The first-order chi connectivity index (χ1) is 23.5. The van der Waals surface area contributed by atoms with Crippen molar-refractivity contribution >= 4 is 17.3 Å². The predicted molar refractivity (Wildman–Crippen MR) is 179 cm³/mol. The fraction of sp³-hybridized carbons (Fsp3) is 0.583. The van der Waals surface area contributed by atoms with Crippen molar-refractivity contribution in [2.45, 2.75) is 101 Å². The zero-order chi connectivity index (χ0) is 35.5. The van der Waals surface area contributed by atoms with Crippen LogP contribution in [0.4, 0.5) is 0 Å². The summed E-state index contributed by atoms with van der Waals surface area (Å²) < 4.78 is 17.8. The van der Waals surface area contributed by atoms with E-state index < -0.39 is 82.6 Å². The van der Waals surface area contributed by atoms with E-state index in [2.05, 4.69) is 10.6 Å². The number of Topliss-reactive ketones (excluding diaryl/α,β-unsaturated/α-hetero) is 1. The molecule has 0 amide bonds. The number of nitrogens with two attached hydrogens (primary N) is 1. The summed E-state index contributed by atoms with van der Waals surface area (Å²) in [7, 11) is 1.36. The normalized spacial score (nSPS) is 26.2. The van der Waals surface area contributed by atoms with Crippen LogP contribution >= 0.6 is 0 Å². The van der Waals surface area contributed by atoms with Gasteiger partial charge >= 0.3 is 0 Å². The fourth-order valence-corrected chi connectivity index (χ4v) is 7.28. The molecule has 0 bridgehead atoms. The zero-order valence-electron chi connectivity index (χ0n) is 28.4. The van der Waals surface area contributed by atoms with Gasteiger partial charge in [-0.05, 0) is 64.9 Å². The average molecular weight is 684 g/mol. The lowest BCUT2D eigenvalue weighted by atomic mass is 9.71. The molecule has 0 spiro atoms. The molecule has 13 nitrogen and oxygen atoms in total. The summed E-state index contributed by atoms with van der Waals surface area (Å²) in [5.74, 6) is -2.99. The Kier molecular flexibility index (Phi) is 11.8. The van der Waals surface area contributed by atoms with Crippen molar-refractivity contribution in [1.29, 1.82) is 0 Å². The van der Waals surface area contributed by atoms with E-state index in [-0.39, 0.29) is 47.3 Å². The smallest absolute Gasteiger partial charge is 0.202 e. The number of aliphatic hydroxyl groups excluding tert-OH is 1. The van der Waals surface area contributed by atoms with Crippen molar-refractivity contribution in [3.05, 3.63) is 51.6 Å². The molecule has 0 aromatic heterocycles. The van der Waals surface area contributed by atoms with Gasteiger partial charge in [-0.2, -0.15) is 0 Å². The molecular weight excluding hydrogens is 634 g/mol. The van der Waals surface area contributed by atoms with Crippen LogP contribution in [-0.4, -0.2) is 101 Å². The summed E-state index contributed by atoms with van der Waals surface area (Å²) in [6, 6.07) is 4.09. The van der Waals surface area contributed by atoms with Gasteiger partial charge in [-0.25, -0.2) is 0 Å². The summed E-state index contributed by atoms with van der Waals surface area (Å²) in [4.78, 5) is 40.7. The molecule has 1 unspecified atom stereocenters. The van der Waals surface area contributed by atoms with E-state index in [9.17, 15) is 34.8 Å². The number of rotatable bonds is 15. The number of methoxy groups -OCH3 is 1. The molecule has 5 rings (SSSR count). The van der Waals surface area contributed by atoms with Gasteiger partial charge in [-0.1, -0.05) is 19.1 Å². The number of benzene rings is 2. The van der Waals surface area contributed by atoms with Crippen molar-refractivity contribution in [2.24, 2.45) is 5.73 Å². The minimum absolute atomic E-state index is 0.00419. The van der Waals surface area contributed by atoms with Gasteiger partial charge in [0.25, 0.3) is 0 Å². The van der Waals surface area contributed by atoms with Gasteiger partial charge in [0.05, 0.1) is 42.1 Å². The topological polar surface area (TPSA) is 210 Å². The Labute approximate surface area is 286 Å². The van der Waals surface area contributed by atoms with Crippen molar-refractivity contribution in [2.75, 3.05) is 33.3 Å². The first-order valence-corrected chi connectivity index (χ1v) is 17.2. The molecule has 2 aromatic carbocycles. The van der Waals surface area contributed by atoms with E-state index >= 15 is 0 Å². The second-order valence-corrected chi connectivity index (χ2v) is 13.2. The van der Waals surface area contributed by atoms with Gasteiger partial charge < -0.3 is 51.0 Å². The Hall–Kier alpha value is -3.43. The van der Waals surface area contributed by atoms with Gasteiger partial charge in [-0.15, -0.1) is 0 Å². The number of ketones is 3. The standard InChI is InChI=1S/C36H49N3O10/c1-4-25(40)36(46)17-21-28(35(45)30-29(33(21)43)32(42)20-10-9-11-23(47-3)27(20)34(30)44)24(18-36)49-26-16-22(31(41)19(2)48-26)39-15-8-7-14-38-13-6-5-12-37/h9-11,19,22,24,26,31,38-39,41,43,45-46H,4-8,12-18,37H2,1-3H3/t19-,22-,24?,26-,31+,36-/m0/s1. The number of nitrogens with one attached hydrogen (secondary N) is 2. The number of carbonyl (C=O) groups is 3. The first kappa shape index (κ1) is 36.8. The number of aliphatic hydroxyl groups is 2. The Balaban J connectivity index is 1.42. The average Bonchev–Trinajstić information content (AvgIpc) is 3.08. The van der Waals surface area contributed by atoms with Crippen LogP contribution in [0.25, 0.3) is 0 Å². The van der Waals surface area contributed by atoms with Crippen LogP contribution in [-0.2, 0) is 20.7 Å². The lowest BCUT2D eigenvalue weighted by Crippen LogP contribution is -2.54. The van der Waals surface area contributed by atoms with Crippen LogP contribution in [0.2, 0.25) is 0 Å². The van der Waals surface area contributed by atoms with E-state index in [0.29, 0.717) is 13.1 Å². The van der Waals surface area contributed by atoms with E-state index in [4.69, 9.17) is 19.9 Å². The number of phenolic OH excluding ortho intramolecular Hbond substituents is 2. The number of fused-ring (bicyclic) bond motifs is 3. The third-order valence-corrected chi connectivity index (χ3v) is 9.93. The quantitative estimate of drug-likeness (QED) is 0.0906. The molecule has 3 aliphatic rings. The summed E-state index contributed by atoms with van der Waals surface area (Å²) in [5, 5.41) is 52.7. The molecule has 1 aliphatic heterocycles. The third-order valence-electron chi connectivity index (χ3n) is 9.93. The first-order valence-electron chi connectivity index (χ1n) is 17.2. The number of ether oxygens (including phenoxy) is 3. The number of carbonyl (C=O) groups excluding carboxylic acids is 3. The number of hydrogen-bond acceptors (Lipinski definition) is 13. The molecule has 49 heavy (non-hydrogen) atoms. The number of aromatic hydroxyl groups is 2. The highest BCUT2D eigenvalue weighted by atomic mass is 16.7. The van der Waals surface area contributed by atoms with E-state index in [1.165, 1.54) is 19.2 Å². The SMILES string of the molecule is CCC(=O)[C@]1(O)Cc2c(O)c3c(c(O)c2C(O[C@H]2C[C@H](NCCCCNCCCCN)[C@H](O)[C@H](C)O2)C1)C(=O)c1c(OC)cccc1C3=O. The molecular formula is C36H49N3O10. The van der Waals surface area contributed by atoms with E-state index in [0.717, 1.165) is 38.8 Å². The Morgan fingerprint density at radius 2 is 1.73 bits per heavy atom. The Morgan fingerprint density at radius 1 is 1.04 bits per heavy atom. The summed E-state index contributed by atoms with van der Waals surface area (Å²) in [6.07, 6.45) is -0.330. The Bertz CT molecular complexity index is 1560. The molecule has 13 heteroatoms. The molecule has 8 N–H and O–H groups in total. The van der Waals surface area contributed by atoms with Crippen LogP contribution in [0, 0.1) is 0 Å². The second-order valence-electron chi connectivity index (χ2n) is 13.2. The van der Waals surface area contributed by atoms with Crippen LogP contribution < -0.4 is 21.1 Å². The van der Waals surface area contributed by atoms with Crippen molar-refractivity contribution in [3.8, 4) is 17.2 Å².